The third-order valence-electron chi connectivity index (χ3n) is 5.38. The maximum Gasteiger partial charge on any atom is 0.230 e. The van der Waals surface area contributed by atoms with Crippen molar-refractivity contribution in [3.63, 3.8) is 0 Å². The molecule has 1 aliphatic carbocycles. The number of hydrogen-bond acceptors (Lipinski definition) is 5. The van der Waals surface area contributed by atoms with Gasteiger partial charge < -0.3 is 9.32 Å². The number of ketones is 1. The van der Waals surface area contributed by atoms with Gasteiger partial charge in [0.15, 0.2) is 0 Å². The van der Waals surface area contributed by atoms with Gasteiger partial charge in [-0.1, -0.05) is 50.1 Å². The minimum absolute atomic E-state index is 0.0238. The Kier molecular flexibility index (Phi) is 6.53. The fourth-order valence-electron chi connectivity index (χ4n) is 3.91. The second-order valence-corrected chi connectivity index (χ2v) is 7.68. The molecule has 26 heavy (non-hydrogen) atoms. The zero-order chi connectivity index (χ0) is 18.4. The van der Waals surface area contributed by atoms with Crippen molar-refractivity contribution in [3.05, 3.63) is 29.9 Å². The zero-order valence-corrected chi connectivity index (χ0v) is 15.9. The Balaban J connectivity index is 1.63. The summed E-state index contributed by atoms with van der Waals surface area (Å²) in [5.41, 5.74) is 1.80. The monoisotopic (exact) mass is 355 g/mol. The number of Topliss-reactive ketones (excluding diaryl/α,β-unsaturated/α-hetero) is 1. The van der Waals surface area contributed by atoms with Crippen LogP contribution < -0.4 is 0 Å². The summed E-state index contributed by atoms with van der Waals surface area (Å²) in [5, 5.41) is 4.10. The van der Waals surface area contributed by atoms with Crippen molar-refractivity contribution in [1.82, 2.24) is 15.1 Å². The van der Waals surface area contributed by atoms with Crippen LogP contribution in [0.15, 0.2) is 22.9 Å². The number of carbonyl (C=O) groups is 1. The number of hydrogen-bond donors (Lipinski definition) is 0. The molecule has 2 aromatic rings. The van der Waals surface area contributed by atoms with E-state index in [4.69, 9.17) is 4.52 Å². The molecule has 0 amide bonds. The van der Waals surface area contributed by atoms with Crippen molar-refractivity contribution >= 4 is 5.78 Å². The number of rotatable bonds is 8. The number of aryl methyl sites for hydroxylation is 1. The maximum atomic E-state index is 11.7. The smallest absolute Gasteiger partial charge is 0.230 e. The van der Waals surface area contributed by atoms with E-state index in [1.54, 1.807) is 13.1 Å². The van der Waals surface area contributed by atoms with Crippen molar-refractivity contribution in [3.8, 4) is 11.4 Å². The molecular weight excluding hydrogens is 326 g/mol. The Morgan fingerprint density at radius 3 is 2.77 bits per heavy atom. The van der Waals surface area contributed by atoms with E-state index in [0.29, 0.717) is 18.1 Å². The molecule has 2 heterocycles. The van der Waals surface area contributed by atoms with Crippen LogP contribution in [0.3, 0.4) is 0 Å². The van der Waals surface area contributed by atoms with Crippen LogP contribution >= 0.6 is 0 Å². The number of nitrogens with zero attached hydrogens (tertiary/aromatic N) is 3. The first-order chi connectivity index (χ1) is 12.6. The molecule has 1 atom stereocenters. The van der Waals surface area contributed by atoms with Gasteiger partial charge >= 0.3 is 0 Å². The summed E-state index contributed by atoms with van der Waals surface area (Å²) in [5.74, 6) is 2.19. The van der Waals surface area contributed by atoms with Gasteiger partial charge in [-0.3, -0.25) is 4.98 Å². The van der Waals surface area contributed by atoms with Gasteiger partial charge in [-0.25, -0.2) is 0 Å². The summed E-state index contributed by atoms with van der Waals surface area (Å²) < 4.78 is 5.51. The Bertz CT molecular complexity index is 702. The quantitative estimate of drug-likeness (QED) is 0.646. The lowest BCUT2D eigenvalue weighted by Gasteiger charge is -2.22. The van der Waals surface area contributed by atoms with Gasteiger partial charge in [0.2, 0.25) is 11.7 Å². The third-order valence-corrected chi connectivity index (χ3v) is 5.38. The molecule has 5 nitrogen and oxygen atoms in total. The van der Waals surface area contributed by atoms with E-state index < -0.39 is 0 Å². The molecule has 1 aliphatic rings. The van der Waals surface area contributed by atoms with Crippen LogP contribution in [0.5, 0.6) is 0 Å². The standard InChI is InChI=1S/C21H29N3O2/c1-15-11-12-19(14-22-15)20-23-21(26-24-20)18(13-16(2)25)10-6-9-17-7-4-3-5-8-17/h11-12,14,17-18H,3-10,13H2,1-2H3. The number of pyridine rings is 1. The van der Waals surface area contributed by atoms with Gasteiger partial charge in [-0.15, -0.1) is 0 Å². The van der Waals surface area contributed by atoms with Gasteiger partial charge in [0, 0.05) is 29.8 Å². The fourth-order valence-corrected chi connectivity index (χ4v) is 3.91. The molecule has 1 unspecified atom stereocenters. The Labute approximate surface area is 155 Å². The van der Waals surface area contributed by atoms with Crippen molar-refractivity contribution < 1.29 is 9.32 Å². The highest BCUT2D eigenvalue weighted by Crippen LogP contribution is 2.31. The van der Waals surface area contributed by atoms with Crippen molar-refractivity contribution in [2.24, 2.45) is 5.92 Å². The van der Waals surface area contributed by atoms with Crippen LogP contribution in [0.2, 0.25) is 0 Å². The van der Waals surface area contributed by atoms with Gasteiger partial charge in [-0.2, -0.15) is 4.98 Å². The molecule has 0 bridgehead atoms. The summed E-state index contributed by atoms with van der Waals surface area (Å²) in [6.45, 7) is 3.58. The van der Waals surface area contributed by atoms with E-state index in [0.717, 1.165) is 30.0 Å². The minimum atomic E-state index is 0.0238. The van der Waals surface area contributed by atoms with E-state index in [2.05, 4.69) is 15.1 Å². The van der Waals surface area contributed by atoms with Gasteiger partial charge in [0.05, 0.1) is 0 Å². The summed E-state index contributed by atoms with van der Waals surface area (Å²) in [6, 6.07) is 3.88. The van der Waals surface area contributed by atoms with Crippen LogP contribution in [0, 0.1) is 12.8 Å². The first-order valence-corrected chi connectivity index (χ1v) is 9.88. The van der Waals surface area contributed by atoms with E-state index in [1.165, 1.54) is 38.5 Å². The molecule has 2 aromatic heterocycles. The minimum Gasteiger partial charge on any atom is -0.339 e. The van der Waals surface area contributed by atoms with E-state index in [1.807, 2.05) is 19.1 Å². The molecule has 0 aromatic carbocycles. The second-order valence-electron chi connectivity index (χ2n) is 7.68. The molecule has 0 aliphatic heterocycles. The van der Waals surface area contributed by atoms with Crippen LogP contribution in [0.25, 0.3) is 11.4 Å². The maximum absolute atomic E-state index is 11.7. The summed E-state index contributed by atoms with van der Waals surface area (Å²) in [6.07, 6.45) is 12.4. The Hall–Kier alpha value is -2.04. The summed E-state index contributed by atoms with van der Waals surface area (Å²) >= 11 is 0. The number of carbonyl (C=O) groups excluding carboxylic acids is 1. The highest BCUT2D eigenvalue weighted by molar-refractivity contribution is 5.76. The molecule has 3 rings (SSSR count). The topological polar surface area (TPSA) is 68.9 Å². The molecule has 1 fully saturated rings. The van der Waals surface area contributed by atoms with Gasteiger partial charge in [0.25, 0.3) is 0 Å². The molecule has 5 heteroatoms. The highest BCUT2D eigenvalue weighted by Gasteiger charge is 2.22. The highest BCUT2D eigenvalue weighted by atomic mass is 16.5. The molecule has 140 valence electrons. The van der Waals surface area contributed by atoms with Crippen molar-refractivity contribution in [2.75, 3.05) is 0 Å². The lowest BCUT2D eigenvalue weighted by Crippen LogP contribution is -2.09. The largest absolute Gasteiger partial charge is 0.339 e. The van der Waals surface area contributed by atoms with Crippen LogP contribution in [0.1, 0.15) is 82.2 Å². The summed E-state index contributed by atoms with van der Waals surface area (Å²) in [7, 11) is 0. The normalized spacial score (nSPS) is 16.5. The first kappa shape index (κ1) is 18.7. The predicted molar refractivity (Wildman–Crippen MR) is 101 cm³/mol. The molecular formula is C21H29N3O2. The molecule has 0 N–H and O–H groups in total. The van der Waals surface area contributed by atoms with E-state index in [-0.39, 0.29) is 11.7 Å². The van der Waals surface area contributed by atoms with Gasteiger partial charge in [-0.05, 0) is 38.3 Å². The lowest BCUT2D eigenvalue weighted by molar-refractivity contribution is -0.117. The average Bonchev–Trinajstić information content (AvgIpc) is 3.12. The number of aromatic nitrogens is 3. The second kappa shape index (κ2) is 9.06. The molecule has 0 saturated heterocycles. The van der Waals surface area contributed by atoms with E-state index >= 15 is 0 Å². The zero-order valence-electron chi connectivity index (χ0n) is 15.9. The van der Waals surface area contributed by atoms with Crippen LogP contribution in [0.4, 0.5) is 0 Å². The van der Waals surface area contributed by atoms with Crippen molar-refractivity contribution in [1.29, 1.82) is 0 Å². The molecule has 0 radical (unpaired) electrons. The summed E-state index contributed by atoms with van der Waals surface area (Å²) in [4.78, 5) is 20.5. The Morgan fingerprint density at radius 1 is 1.27 bits per heavy atom. The van der Waals surface area contributed by atoms with Crippen molar-refractivity contribution in [2.45, 2.75) is 77.6 Å². The molecule has 0 spiro atoms. The molecule has 1 saturated carbocycles. The van der Waals surface area contributed by atoms with Crippen LogP contribution in [-0.2, 0) is 4.79 Å². The third kappa shape index (κ3) is 5.23. The van der Waals surface area contributed by atoms with Crippen LogP contribution in [-0.4, -0.2) is 20.9 Å². The lowest BCUT2D eigenvalue weighted by atomic mass is 9.84. The first-order valence-electron chi connectivity index (χ1n) is 9.88. The predicted octanol–water partition coefficient (Wildman–Crippen LogP) is 5.25. The van der Waals surface area contributed by atoms with Gasteiger partial charge in [0.1, 0.15) is 5.78 Å². The van der Waals surface area contributed by atoms with E-state index in [9.17, 15) is 4.79 Å². The average molecular weight is 355 g/mol. The SMILES string of the molecule is CC(=O)CC(CCCC1CCCCC1)c1nc(-c2ccc(C)nc2)no1. The Morgan fingerprint density at radius 2 is 2.08 bits per heavy atom. The fraction of sp³-hybridized carbons (Fsp3) is 0.619.